The number of fused-ring (bicyclic) bond motifs is 1. The van der Waals surface area contributed by atoms with Gasteiger partial charge in [-0.25, -0.2) is 0 Å². The van der Waals surface area contributed by atoms with E-state index >= 15 is 0 Å². The van der Waals surface area contributed by atoms with Crippen LogP contribution in [0.4, 0.5) is 0 Å². The molecule has 3 nitrogen and oxygen atoms in total. The Morgan fingerprint density at radius 3 is 2.37 bits per heavy atom. The number of carbonyl (C=O) groups excluding carboxylic acids is 1. The topological polar surface area (TPSA) is 32.3 Å². The molecular formula is C16H28N2O. The van der Waals surface area contributed by atoms with Gasteiger partial charge >= 0.3 is 0 Å². The summed E-state index contributed by atoms with van der Waals surface area (Å²) in [6.45, 7) is 6.38. The first kappa shape index (κ1) is 13.4. The van der Waals surface area contributed by atoms with Gasteiger partial charge in [0.2, 0.25) is 5.91 Å². The minimum Gasteiger partial charge on any atom is -0.338 e. The number of hydrogen-bond donors (Lipinski definition) is 1. The standard InChI is InChI=1S/C16H28N2O/c1-11(2)18(10-12-6-5-9-17-12)16(19)15-13-7-3-4-8-14(13)15/h11-15,17H,3-10H2,1-2H3. The molecule has 0 bridgehead atoms. The van der Waals surface area contributed by atoms with Crippen molar-refractivity contribution < 1.29 is 4.79 Å². The van der Waals surface area contributed by atoms with Crippen LogP contribution in [0.5, 0.6) is 0 Å². The van der Waals surface area contributed by atoms with E-state index in [-0.39, 0.29) is 0 Å². The fourth-order valence-corrected chi connectivity index (χ4v) is 4.26. The molecule has 1 saturated heterocycles. The van der Waals surface area contributed by atoms with Crippen LogP contribution in [0.2, 0.25) is 0 Å². The molecule has 3 aliphatic rings. The van der Waals surface area contributed by atoms with Crippen LogP contribution in [-0.4, -0.2) is 36.0 Å². The van der Waals surface area contributed by atoms with Crippen LogP contribution in [0, 0.1) is 17.8 Å². The third-order valence-electron chi connectivity index (χ3n) is 5.43. The van der Waals surface area contributed by atoms with Crippen LogP contribution in [-0.2, 0) is 4.79 Å². The Morgan fingerprint density at radius 2 is 1.84 bits per heavy atom. The summed E-state index contributed by atoms with van der Waals surface area (Å²) in [5.74, 6) is 2.31. The van der Waals surface area contributed by atoms with Gasteiger partial charge in [0.25, 0.3) is 0 Å². The van der Waals surface area contributed by atoms with Crippen molar-refractivity contribution in [1.29, 1.82) is 0 Å². The molecule has 19 heavy (non-hydrogen) atoms. The SMILES string of the molecule is CC(C)N(CC1CCCN1)C(=O)C1C2CCCCC21. The second kappa shape index (κ2) is 5.43. The van der Waals surface area contributed by atoms with Crippen LogP contribution in [0.1, 0.15) is 52.4 Å². The lowest BCUT2D eigenvalue weighted by atomic mass is 10.0. The van der Waals surface area contributed by atoms with Crippen LogP contribution in [0.25, 0.3) is 0 Å². The molecule has 2 saturated carbocycles. The normalized spacial score (nSPS) is 37.2. The maximum atomic E-state index is 12.8. The Morgan fingerprint density at radius 1 is 1.16 bits per heavy atom. The fraction of sp³-hybridized carbons (Fsp3) is 0.938. The van der Waals surface area contributed by atoms with E-state index in [2.05, 4.69) is 24.1 Å². The highest BCUT2D eigenvalue weighted by Crippen LogP contribution is 2.56. The quantitative estimate of drug-likeness (QED) is 0.845. The molecule has 0 aromatic heterocycles. The fourth-order valence-electron chi connectivity index (χ4n) is 4.26. The van der Waals surface area contributed by atoms with Gasteiger partial charge in [-0.05, 0) is 57.9 Å². The lowest BCUT2D eigenvalue weighted by Crippen LogP contribution is -2.45. The monoisotopic (exact) mass is 264 g/mol. The number of carbonyl (C=O) groups is 1. The molecule has 3 rings (SSSR count). The molecular weight excluding hydrogens is 236 g/mol. The Hall–Kier alpha value is -0.570. The lowest BCUT2D eigenvalue weighted by molar-refractivity contribution is -0.135. The molecule has 0 aromatic carbocycles. The molecule has 0 aromatic rings. The van der Waals surface area contributed by atoms with Gasteiger partial charge in [0.1, 0.15) is 0 Å². The summed E-state index contributed by atoms with van der Waals surface area (Å²) in [5.41, 5.74) is 0. The average Bonchev–Trinajstić information content (AvgIpc) is 2.89. The summed E-state index contributed by atoms with van der Waals surface area (Å²) in [6, 6.07) is 0.879. The van der Waals surface area contributed by atoms with Crippen LogP contribution in [0.15, 0.2) is 0 Å². The van der Waals surface area contributed by atoms with E-state index in [0.29, 0.717) is 23.9 Å². The highest BCUT2D eigenvalue weighted by molar-refractivity contribution is 5.82. The van der Waals surface area contributed by atoms with Crippen molar-refractivity contribution in [2.24, 2.45) is 17.8 Å². The number of hydrogen-bond acceptors (Lipinski definition) is 2. The smallest absolute Gasteiger partial charge is 0.226 e. The Balaban J connectivity index is 1.61. The zero-order valence-corrected chi connectivity index (χ0v) is 12.4. The van der Waals surface area contributed by atoms with Crippen molar-refractivity contribution in [2.45, 2.75) is 64.5 Å². The molecule has 0 spiro atoms. The van der Waals surface area contributed by atoms with Gasteiger partial charge in [0, 0.05) is 24.5 Å². The van der Waals surface area contributed by atoms with Crippen molar-refractivity contribution in [1.82, 2.24) is 10.2 Å². The minimum atomic E-state index is 0.345. The molecule has 108 valence electrons. The predicted octanol–water partition coefficient (Wildman–Crippen LogP) is 2.41. The summed E-state index contributed by atoms with van der Waals surface area (Å²) in [7, 11) is 0. The van der Waals surface area contributed by atoms with Gasteiger partial charge < -0.3 is 10.2 Å². The van der Waals surface area contributed by atoms with E-state index in [1.165, 1.54) is 38.5 Å². The maximum absolute atomic E-state index is 12.8. The zero-order valence-electron chi connectivity index (χ0n) is 12.4. The summed E-state index contributed by atoms with van der Waals surface area (Å²) in [4.78, 5) is 15.0. The Bertz CT molecular complexity index is 324. The highest BCUT2D eigenvalue weighted by Gasteiger charge is 2.56. The number of nitrogens with one attached hydrogen (secondary N) is 1. The van der Waals surface area contributed by atoms with E-state index < -0.39 is 0 Å². The Labute approximate surface area is 117 Å². The van der Waals surface area contributed by atoms with Gasteiger partial charge in [-0.2, -0.15) is 0 Å². The molecule has 2 aliphatic carbocycles. The first-order valence-corrected chi connectivity index (χ1v) is 8.22. The van der Waals surface area contributed by atoms with E-state index in [0.717, 1.165) is 24.9 Å². The first-order chi connectivity index (χ1) is 9.18. The van der Waals surface area contributed by atoms with Crippen molar-refractivity contribution in [2.75, 3.05) is 13.1 Å². The highest BCUT2D eigenvalue weighted by atomic mass is 16.2. The molecule has 1 N–H and O–H groups in total. The number of nitrogens with zero attached hydrogens (tertiary/aromatic N) is 1. The van der Waals surface area contributed by atoms with Crippen LogP contribution < -0.4 is 5.32 Å². The third kappa shape index (κ3) is 2.67. The molecule has 3 unspecified atom stereocenters. The number of rotatable bonds is 4. The second-order valence-corrected chi connectivity index (χ2v) is 7.02. The molecule has 1 aliphatic heterocycles. The maximum Gasteiger partial charge on any atom is 0.226 e. The van der Waals surface area contributed by atoms with Gasteiger partial charge in [-0.1, -0.05) is 12.8 Å². The van der Waals surface area contributed by atoms with Gasteiger partial charge in [-0.3, -0.25) is 4.79 Å². The van der Waals surface area contributed by atoms with Gasteiger partial charge in [-0.15, -0.1) is 0 Å². The van der Waals surface area contributed by atoms with Crippen molar-refractivity contribution in [3.63, 3.8) is 0 Å². The molecule has 3 fully saturated rings. The van der Waals surface area contributed by atoms with E-state index in [1.807, 2.05) is 0 Å². The van der Waals surface area contributed by atoms with E-state index in [4.69, 9.17) is 0 Å². The van der Waals surface area contributed by atoms with Crippen molar-refractivity contribution >= 4 is 5.91 Å². The first-order valence-electron chi connectivity index (χ1n) is 8.22. The summed E-state index contributed by atoms with van der Waals surface area (Å²) >= 11 is 0. The predicted molar refractivity (Wildman–Crippen MR) is 76.8 cm³/mol. The molecule has 0 radical (unpaired) electrons. The van der Waals surface area contributed by atoms with E-state index in [9.17, 15) is 4.79 Å². The zero-order chi connectivity index (χ0) is 13.4. The lowest BCUT2D eigenvalue weighted by Gasteiger charge is -2.30. The summed E-state index contributed by atoms with van der Waals surface area (Å²) in [6.07, 6.45) is 7.78. The number of amides is 1. The largest absolute Gasteiger partial charge is 0.338 e. The molecule has 1 amide bonds. The van der Waals surface area contributed by atoms with E-state index in [1.54, 1.807) is 0 Å². The Kier molecular flexibility index (Phi) is 3.84. The van der Waals surface area contributed by atoms with Crippen molar-refractivity contribution in [3.8, 4) is 0 Å². The van der Waals surface area contributed by atoms with Gasteiger partial charge in [0.15, 0.2) is 0 Å². The van der Waals surface area contributed by atoms with Crippen LogP contribution in [0.3, 0.4) is 0 Å². The molecule has 3 atom stereocenters. The summed E-state index contributed by atoms with van der Waals surface area (Å²) < 4.78 is 0. The second-order valence-electron chi connectivity index (χ2n) is 7.02. The third-order valence-corrected chi connectivity index (χ3v) is 5.43. The van der Waals surface area contributed by atoms with Crippen molar-refractivity contribution in [3.05, 3.63) is 0 Å². The van der Waals surface area contributed by atoms with Gasteiger partial charge in [0.05, 0.1) is 0 Å². The minimum absolute atomic E-state index is 0.345. The average molecular weight is 264 g/mol. The summed E-state index contributed by atoms with van der Waals surface area (Å²) in [5, 5.41) is 3.52. The van der Waals surface area contributed by atoms with Crippen LogP contribution >= 0.6 is 0 Å². The molecule has 1 heterocycles. The molecule has 3 heteroatoms.